The third-order valence-electron chi connectivity index (χ3n) is 0.860. The van der Waals surface area contributed by atoms with E-state index in [4.69, 9.17) is 10.0 Å². The first-order valence-electron chi connectivity index (χ1n) is 2.48. The van der Waals surface area contributed by atoms with Gasteiger partial charge in [0.2, 0.25) is 0 Å². The minimum Gasteiger partial charge on any atom is -0.422 e. The van der Waals surface area contributed by atoms with Crippen LogP contribution in [0.3, 0.4) is 0 Å². The molecule has 0 radical (unpaired) electrons. The molecular weight excluding hydrogens is 137 g/mol. The number of hydrogen-bond donors (Lipinski definition) is 2. The molecule has 0 aliphatic rings. The van der Waals surface area contributed by atoms with E-state index in [1.165, 1.54) is 11.3 Å². The Kier molecular flexibility index (Phi) is 1.85. The highest BCUT2D eigenvalue weighted by molar-refractivity contribution is 7.21. The van der Waals surface area contributed by atoms with E-state index in [0.29, 0.717) is 4.91 Å². The Morgan fingerprint density at radius 1 is 1.67 bits per heavy atom. The molecule has 0 spiro atoms. The molecule has 3 nitrogen and oxygen atoms in total. The number of aromatic nitrogens is 1. The molecule has 1 aromatic heterocycles. The second-order valence-electron chi connectivity index (χ2n) is 1.68. The van der Waals surface area contributed by atoms with Crippen molar-refractivity contribution in [2.75, 3.05) is 0 Å². The number of aryl methyl sites for hydroxylation is 1. The maximum absolute atomic E-state index is 8.54. The zero-order chi connectivity index (χ0) is 6.85. The zero-order valence-corrected chi connectivity index (χ0v) is 5.72. The quantitative estimate of drug-likeness (QED) is 0.502. The molecule has 2 N–H and O–H groups in total. The van der Waals surface area contributed by atoms with Gasteiger partial charge in [-0.3, -0.25) is 4.98 Å². The molecule has 0 saturated carbocycles. The van der Waals surface area contributed by atoms with Gasteiger partial charge in [-0.05, 0) is 6.92 Å². The molecule has 0 saturated heterocycles. The summed E-state index contributed by atoms with van der Waals surface area (Å²) in [6, 6.07) is 0. The van der Waals surface area contributed by atoms with Gasteiger partial charge in [-0.15, -0.1) is 11.3 Å². The normalized spacial score (nSPS) is 9.67. The van der Waals surface area contributed by atoms with Crippen molar-refractivity contribution in [1.82, 2.24) is 4.98 Å². The van der Waals surface area contributed by atoms with E-state index in [-0.39, 0.29) is 0 Å². The highest BCUT2D eigenvalue weighted by Crippen LogP contribution is 1.99. The van der Waals surface area contributed by atoms with Gasteiger partial charge in [0.15, 0.2) is 0 Å². The summed E-state index contributed by atoms with van der Waals surface area (Å²) in [6.07, 6.45) is 1.61. The summed E-state index contributed by atoms with van der Waals surface area (Å²) >= 11 is 1.28. The zero-order valence-electron chi connectivity index (χ0n) is 4.90. The molecule has 1 rings (SSSR count). The molecule has 0 aliphatic heterocycles. The van der Waals surface area contributed by atoms with Crippen molar-refractivity contribution < 1.29 is 10.0 Å². The number of hydrogen-bond acceptors (Lipinski definition) is 4. The standard InChI is InChI=1S/C4H6BNO2S/c1-3-2-6-4(9-3)5(7)8/h2,7-8H,1H3. The lowest BCUT2D eigenvalue weighted by Gasteiger charge is -1.86. The van der Waals surface area contributed by atoms with Crippen molar-refractivity contribution >= 4 is 23.4 Å². The number of rotatable bonds is 1. The van der Waals surface area contributed by atoms with E-state index in [1.54, 1.807) is 6.20 Å². The molecule has 0 unspecified atom stereocenters. The Morgan fingerprint density at radius 2 is 2.33 bits per heavy atom. The van der Waals surface area contributed by atoms with Crippen LogP contribution in [-0.2, 0) is 0 Å². The highest BCUT2D eigenvalue weighted by atomic mass is 32.1. The minimum absolute atomic E-state index is 0.354. The summed E-state index contributed by atoms with van der Waals surface area (Å²) < 4.78 is 0. The van der Waals surface area contributed by atoms with Gasteiger partial charge >= 0.3 is 7.12 Å². The van der Waals surface area contributed by atoms with Crippen LogP contribution in [0.2, 0.25) is 0 Å². The summed E-state index contributed by atoms with van der Waals surface area (Å²) in [5.41, 5.74) is 0. The van der Waals surface area contributed by atoms with E-state index in [9.17, 15) is 0 Å². The molecule has 48 valence electrons. The van der Waals surface area contributed by atoms with Crippen molar-refractivity contribution in [3.8, 4) is 0 Å². The van der Waals surface area contributed by atoms with Gasteiger partial charge in [0.05, 0.1) is 0 Å². The van der Waals surface area contributed by atoms with Gasteiger partial charge in [0.25, 0.3) is 0 Å². The van der Waals surface area contributed by atoms with Crippen molar-refractivity contribution in [3.05, 3.63) is 11.1 Å². The van der Waals surface area contributed by atoms with Crippen LogP contribution in [0.5, 0.6) is 0 Å². The SMILES string of the molecule is Cc1cnc(B(O)O)s1. The van der Waals surface area contributed by atoms with E-state index in [1.807, 2.05) is 6.92 Å². The van der Waals surface area contributed by atoms with Crippen LogP contribution in [0.1, 0.15) is 4.88 Å². The first-order chi connectivity index (χ1) is 4.20. The molecule has 0 amide bonds. The third kappa shape index (κ3) is 1.51. The van der Waals surface area contributed by atoms with Crippen LogP contribution >= 0.6 is 11.3 Å². The molecular formula is C4H6BNO2S. The summed E-state index contributed by atoms with van der Waals surface area (Å²) in [7, 11) is -1.41. The van der Waals surface area contributed by atoms with Gasteiger partial charge in [0, 0.05) is 11.1 Å². The van der Waals surface area contributed by atoms with Crippen LogP contribution in [-0.4, -0.2) is 22.2 Å². The van der Waals surface area contributed by atoms with Crippen LogP contribution in [0, 0.1) is 6.92 Å². The molecule has 0 aromatic carbocycles. The number of thiazole rings is 1. The smallest absolute Gasteiger partial charge is 0.422 e. The maximum Gasteiger partial charge on any atom is 0.519 e. The first-order valence-corrected chi connectivity index (χ1v) is 3.30. The van der Waals surface area contributed by atoms with Crippen LogP contribution in [0.25, 0.3) is 0 Å². The largest absolute Gasteiger partial charge is 0.519 e. The van der Waals surface area contributed by atoms with Crippen molar-refractivity contribution in [3.63, 3.8) is 0 Å². The van der Waals surface area contributed by atoms with Crippen LogP contribution in [0.4, 0.5) is 0 Å². The lowest BCUT2D eigenvalue weighted by Crippen LogP contribution is -2.28. The Balaban J connectivity index is 2.85. The monoisotopic (exact) mass is 143 g/mol. The molecule has 0 atom stereocenters. The molecule has 0 fully saturated rings. The van der Waals surface area contributed by atoms with Gasteiger partial charge < -0.3 is 10.0 Å². The van der Waals surface area contributed by atoms with Crippen molar-refractivity contribution in [2.24, 2.45) is 0 Å². The fourth-order valence-electron chi connectivity index (χ4n) is 0.492. The lowest BCUT2D eigenvalue weighted by atomic mass is 9.94. The fourth-order valence-corrected chi connectivity index (χ4v) is 1.14. The average molecular weight is 143 g/mol. The second kappa shape index (κ2) is 2.47. The third-order valence-corrected chi connectivity index (χ3v) is 1.81. The Morgan fingerprint density at radius 3 is 2.56 bits per heavy atom. The highest BCUT2D eigenvalue weighted by Gasteiger charge is 2.13. The topological polar surface area (TPSA) is 53.4 Å². The molecule has 0 bridgehead atoms. The lowest BCUT2D eigenvalue weighted by molar-refractivity contribution is 0.425. The van der Waals surface area contributed by atoms with Crippen LogP contribution < -0.4 is 4.91 Å². The van der Waals surface area contributed by atoms with Crippen LogP contribution in [0.15, 0.2) is 6.20 Å². The first kappa shape index (κ1) is 6.73. The van der Waals surface area contributed by atoms with Gasteiger partial charge in [-0.25, -0.2) is 0 Å². The predicted octanol–water partition coefficient (Wildman–Crippen LogP) is -0.869. The number of nitrogens with zero attached hydrogens (tertiary/aromatic N) is 1. The minimum atomic E-state index is -1.41. The molecule has 0 aliphatic carbocycles. The van der Waals surface area contributed by atoms with Crippen molar-refractivity contribution in [2.45, 2.75) is 6.92 Å². The van der Waals surface area contributed by atoms with Crippen molar-refractivity contribution in [1.29, 1.82) is 0 Å². The van der Waals surface area contributed by atoms with E-state index in [2.05, 4.69) is 4.98 Å². The van der Waals surface area contributed by atoms with E-state index < -0.39 is 7.12 Å². The fraction of sp³-hybridized carbons (Fsp3) is 0.250. The Bertz CT molecular complexity index is 200. The van der Waals surface area contributed by atoms with Gasteiger partial charge in [0.1, 0.15) is 4.91 Å². The average Bonchev–Trinajstić information content (AvgIpc) is 2.14. The molecule has 5 heteroatoms. The maximum atomic E-state index is 8.54. The summed E-state index contributed by atoms with van der Waals surface area (Å²) in [6.45, 7) is 1.86. The Hall–Kier alpha value is -0.385. The summed E-state index contributed by atoms with van der Waals surface area (Å²) in [4.78, 5) is 5.07. The molecule has 9 heavy (non-hydrogen) atoms. The van der Waals surface area contributed by atoms with E-state index >= 15 is 0 Å². The van der Waals surface area contributed by atoms with E-state index in [0.717, 1.165) is 4.88 Å². The van der Waals surface area contributed by atoms with Gasteiger partial charge in [-0.1, -0.05) is 0 Å². The summed E-state index contributed by atoms with van der Waals surface area (Å²) in [5.74, 6) is 0. The Labute approximate surface area is 57.1 Å². The summed E-state index contributed by atoms with van der Waals surface area (Å²) in [5, 5.41) is 17.1. The second-order valence-corrected chi connectivity index (χ2v) is 2.95. The molecule has 1 heterocycles. The molecule has 1 aromatic rings. The van der Waals surface area contributed by atoms with Gasteiger partial charge in [-0.2, -0.15) is 0 Å². The predicted molar refractivity (Wildman–Crippen MR) is 36.7 cm³/mol.